The van der Waals surface area contributed by atoms with Crippen LogP contribution in [0.5, 0.6) is 0 Å². The van der Waals surface area contributed by atoms with E-state index in [-0.39, 0.29) is 11.8 Å². The van der Waals surface area contributed by atoms with E-state index < -0.39 is 0 Å². The zero-order valence-corrected chi connectivity index (χ0v) is 10.8. The molecule has 0 aromatic heterocycles. The summed E-state index contributed by atoms with van der Waals surface area (Å²) in [5, 5.41) is 6.17. The molecule has 0 heterocycles. The average molecular weight is 214 g/mol. The molecule has 0 aliphatic heterocycles. The van der Waals surface area contributed by atoms with Gasteiger partial charge in [-0.2, -0.15) is 0 Å². The molecule has 3 nitrogen and oxygen atoms in total. The Kier molecular flexibility index (Phi) is 7.39. The first-order chi connectivity index (χ1) is 6.99. The maximum atomic E-state index is 11.6. The number of nitrogens with one attached hydrogen (secondary N) is 2. The van der Waals surface area contributed by atoms with Gasteiger partial charge in [0, 0.05) is 19.0 Å². The van der Waals surface area contributed by atoms with E-state index in [0.717, 1.165) is 19.6 Å². The first-order valence-corrected chi connectivity index (χ1v) is 5.97. The molecule has 2 N–H and O–H groups in total. The molecular formula is C12H26N2O. The SMILES string of the molecule is CCNCC(C)C(=O)NCC(C)C(C)C. The van der Waals surface area contributed by atoms with Gasteiger partial charge in [-0.05, 0) is 18.4 Å². The maximum absolute atomic E-state index is 11.6. The highest BCUT2D eigenvalue weighted by atomic mass is 16.1. The zero-order valence-electron chi connectivity index (χ0n) is 10.8. The van der Waals surface area contributed by atoms with Crippen molar-refractivity contribution in [3.8, 4) is 0 Å². The van der Waals surface area contributed by atoms with Crippen LogP contribution in [0.4, 0.5) is 0 Å². The lowest BCUT2D eigenvalue weighted by Gasteiger charge is -2.18. The molecule has 0 fully saturated rings. The molecule has 0 aromatic carbocycles. The molecule has 2 unspecified atom stereocenters. The van der Waals surface area contributed by atoms with Crippen molar-refractivity contribution in [3.05, 3.63) is 0 Å². The summed E-state index contributed by atoms with van der Waals surface area (Å²) in [4.78, 5) is 11.6. The van der Waals surface area contributed by atoms with E-state index in [0.29, 0.717) is 11.8 Å². The van der Waals surface area contributed by atoms with Crippen LogP contribution < -0.4 is 10.6 Å². The molecule has 15 heavy (non-hydrogen) atoms. The summed E-state index contributed by atoms with van der Waals surface area (Å²) in [5.41, 5.74) is 0. The van der Waals surface area contributed by atoms with Crippen LogP contribution in [0.3, 0.4) is 0 Å². The summed E-state index contributed by atoms with van der Waals surface area (Å²) < 4.78 is 0. The molecule has 1 amide bonds. The van der Waals surface area contributed by atoms with Crippen molar-refractivity contribution in [1.29, 1.82) is 0 Å². The molecule has 3 heteroatoms. The van der Waals surface area contributed by atoms with Crippen LogP contribution in [0, 0.1) is 17.8 Å². The molecule has 0 aromatic rings. The highest BCUT2D eigenvalue weighted by Crippen LogP contribution is 2.07. The second kappa shape index (κ2) is 7.69. The van der Waals surface area contributed by atoms with Gasteiger partial charge < -0.3 is 10.6 Å². The van der Waals surface area contributed by atoms with Gasteiger partial charge >= 0.3 is 0 Å². The molecule has 0 aliphatic carbocycles. The van der Waals surface area contributed by atoms with Gasteiger partial charge in [0.05, 0.1) is 0 Å². The van der Waals surface area contributed by atoms with E-state index in [1.54, 1.807) is 0 Å². The predicted molar refractivity (Wildman–Crippen MR) is 64.7 cm³/mol. The topological polar surface area (TPSA) is 41.1 Å². The van der Waals surface area contributed by atoms with Gasteiger partial charge in [0.1, 0.15) is 0 Å². The highest BCUT2D eigenvalue weighted by molar-refractivity contribution is 5.78. The Bertz CT molecular complexity index is 180. The van der Waals surface area contributed by atoms with E-state index in [2.05, 4.69) is 31.4 Å². The van der Waals surface area contributed by atoms with Gasteiger partial charge in [-0.3, -0.25) is 4.79 Å². The van der Waals surface area contributed by atoms with Crippen molar-refractivity contribution >= 4 is 5.91 Å². The number of amides is 1. The van der Waals surface area contributed by atoms with Gasteiger partial charge in [-0.1, -0.05) is 34.6 Å². The minimum atomic E-state index is 0.0595. The van der Waals surface area contributed by atoms with Crippen molar-refractivity contribution in [1.82, 2.24) is 10.6 Å². The van der Waals surface area contributed by atoms with Crippen LogP contribution >= 0.6 is 0 Å². The van der Waals surface area contributed by atoms with Crippen molar-refractivity contribution in [3.63, 3.8) is 0 Å². The van der Waals surface area contributed by atoms with Crippen LogP contribution in [-0.4, -0.2) is 25.5 Å². The minimum Gasteiger partial charge on any atom is -0.356 e. The Hall–Kier alpha value is -0.570. The van der Waals surface area contributed by atoms with Crippen molar-refractivity contribution < 1.29 is 4.79 Å². The fourth-order valence-corrected chi connectivity index (χ4v) is 1.13. The fraction of sp³-hybridized carbons (Fsp3) is 0.917. The monoisotopic (exact) mass is 214 g/mol. The van der Waals surface area contributed by atoms with Crippen LogP contribution in [0.2, 0.25) is 0 Å². The second-order valence-electron chi connectivity index (χ2n) is 4.68. The van der Waals surface area contributed by atoms with E-state index >= 15 is 0 Å². The normalized spacial score (nSPS) is 15.1. The predicted octanol–water partition coefficient (Wildman–Crippen LogP) is 1.64. The van der Waals surface area contributed by atoms with Crippen molar-refractivity contribution in [2.75, 3.05) is 19.6 Å². The smallest absolute Gasteiger partial charge is 0.224 e. The third-order valence-corrected chi connectivity index (χ3v) is 2.88. The van der Waals surface area contributed by atoms with Crippen LogP contribution in [-0.2, 0) is 4.79 Å². The highest BCUT2D eigenvalue weighted by Gasteiger charge is 2.13. The molecule has 0 rings (SSSR count). The lowest BCUT2D eigenvalue weighted by atomic mass is 9.98. The van der Waals surface area contributed by atoms with Gasteiger partial charge in [0.25, 0.3) is 0 Å². The largest absolute Gasteiger partial charge is 0.356 e. The first kappa shape index (κ1) is 14.4. The molecule has 0 radical (unpaired) electrons. The molecule has 0 bridgehead atoms. The Balaban J connectivity index is 3.73. The number of carbonyl (C=O) groups excluding carboxylic acids is 1. The fourth-order valence-electron chi connectivity index (χ4n) is 1.13. The standard InChI is InChI=1S/C12H26N2O/c1-6-13-7-11(5)12(15)14-8-10(4)9(2)3/h9-11,13H,6-8H2,1-5H3,(H,14,15). The van der Waals surface area contributed by atoms with Crippen LogP contribution in [0.25, 0.3) is 0 Å². The van der Waals surface area contributed by atoms with Gasteiger partial charge in [-0.15, -0.1) is 0 Å². The third-order valence-electron chi connectivity index (χ3n) is 2.88. The quantitative estimate of drug-likeness (QED) is 0.676. The molecular weight excluding hydrogens is 188 g/mol. The van der Waals surface area contributed by atoms with E-state index in [1.807, 2.05) is 13.8 Å². The molecule has 0 saturated carbocycles. The van der Waals surface area contributed by atoms with Crippen LogP contribution in [0.15, 0.2) is 0 Å². The average Bonchev–Trinajstić information content (AvgIpc) is 2.21. The lowest BCUT2D eigenvalue weighted by Crippen LogP contribution is -2.38. The Morgan fingerprint density at radius 3 is 2.20 bits per heavy atom. The van der Waals surface area contributed by atoms with E-state index in [9.17, 15) is 4.79 Å². The first-order valence-electron chi connectivity index (χ1n) is 5.97. The molecule has 0 spiro atoms. The molecule has 0 saturated heterocycles. The summed E-state index contributed by atoms with van der Waals surface area (Å²) in [7, 11) is 0. The number of hydrogen-bond acceptors (Lipinski definition) is 2. The zero-order chi connectivity index (χ0) is 11.8. The summed E-state index contributed by atoms with van der Waals surface area (Å²) in [6, 6.07) is 0. The Labute approximate surface area is 94.0 Å². The van der Waals surface area contributed by atoms with Gasteiger partial charge in [0.2, 0.25) is 5.91 Å². The summed E-state index contributed by atoms with van der Waals surface area (Å²) in [6.45, 7) is 13.0. The number of rotatable bonds is 7. The maximum Gasteiger partial charge on any atom is 0.224 e. The van der Waals surface area contributed by atoms with Crippen molar-refractivity contribution in [2.45, 2.75) is 34.6 Å². The molecule has 90 valence electrons. The summed E-state index contributed by atoms with van der Waals surface area (Å²) in [6.07, 6.45) is 0. The lowest BCUT2D eigenvalue weighted by molar-refractivity contribution is -0.124. The van der Waals surface area contributed by atoms with Gasteiger partial charge in [-0.25, -0.2) is 0 Å². The third kappa shape index (κ3) is 6.50. The number of carbonyl (C=O) groups is 1. The second-order valence-corrected chi connectivity index (χ2v) is 4.68. The summed E-state index contributed by atoms with van der Waals surface area (Å²) in [5.74, 6) is 1.38. The van der Waals surface area contributed by atoms with Crippen LogP contribution in [0.1, 0.15) is 34.6 Å². The van der Waals surface area contributed by atoms with E-state index in [1.165, 1.54) is 0 Å². The van der Waals surface area contributed by atoms with Crippen molar-refractivity contribution in [2.24, 2.45) is 17.8 Å². The van der Waals surface area contributed by atoms with Gasteiger partial charge in [0.15, 0.2) is 0 Å². The number of hydrogen-bond donors (Lipinski definition) is 2. The Morgan fingerprint density at radius 1 is 1.13 bits per heavy atom. The minimum absolute atomic E-state index is 0.0595. The molecule has 2 atom stereocenters. The molecule has 0 aliphatic rings. The van der Waals surface area contributed by atoms with E-state index in [4.69, 9.17) is 0 Å². The summed E-state index contributed by atoms with van der Waals surface area (Å²) >= 11 is 0. The Morgan fingerprint density at radius 2 is 1.73 bits per heavy atom.